The summed E-state index contributed by atoms with van der Waals surface area (Å²) in [6.45, 7) is 9.57. The van der Waals surface area contributed by atoms with Crippen LogP contribution in [0, 0.1) is 16.7 Å². The van der Waals surface area contributed by atoms with E-state index in [1.54, 1.807) is 50.2 Å². The van der Waals surface area contributed by atoms with E-state index in [9.17, 15) is 54.3 Å². The van der Waals surface area contributed by atoms with E-state index in [4.69, 9.17) is 28.4 Å². The molecule has 3 fully saturated rings. The topological polar surface area (TPSA) is 288 Å². The molecule has 1 aliphatic heterocycles. The summed E-state index contributed by atoms with van der Waals surface area (Å²) in [6.07, 6.45) is -16.6. The lowest BCUT2D eigenvalue weighted by Gasteiger charge is -2.67. The van der Waals surface area contributed by atoms with Crippen molar-refractivity contribution in [3.63, 3.8) is 0 Å². The molecule has 6 rings (SSSR count). The van der Waals surface area contributed by atoms with Gasteiger partial charge >= 0.3 is 35.9 Å². The minimum atomic E-state index is -2.49. The molecule has 1 heterocycles. The van der Waals surface area contributed by atoms with E-state index in [0.29, 0.717) is 0 Å². The Kier molecular flexibility index (Phi) is 13.7. The number of carbonyl (C=O) groups is 7. The second-order valence-corrected chi connectivity index (χ2v) is 18.0. The smallest absolute Gasteiger partial charge is 0.408 e. The molecule has 0 aromatic heterocycles. The summed E-state index contributed by atoms with van der Waals surface area (Å²) in [5, 5.41) is 59.6. The normalized spacial score (nSPS) is 31.5. The van der Waals surface area contributed by atoms with Gasteiger partial charge in [0.15, 0.2) is 17.5 Å². The van der Waals surface area contributed by atoms with Crippen LogP contribution in [0.4, 0.5) is 4.79 Å². The molecule has 0 spiro atoms. The Hall–Kier alpha value is -5.73. The van der Waals surface area contributed by atoms with Gasteiger partial charge in [-0.2, -0.15) is 0 Å². The number of carboxylic acids is 1. The third kappa shape index (κ3) is 8.74. The lowest BCUT2D eigenvalue weighted by molar-refractivity contribution is -0.346. The van der Waals surface area contributed by atoms with Gasteiger partial charge < -0.3 is 59.3 Å². The maximum Gasteiger partial charge on any atom is 0.408 e. The number of hydrogen-bond donors (Lipinski definition) is 6. The molecule has 2 saturated carbocycles. The van der Waals surface area contributed by atoms with Crippen LogP contribution in [0.5, 0.6) is 0 Å². The van der Waals surface area contributed by atoms with Crippen LogP contribution in [0.3, 0.4) is 0 Å². The molecular weight excluding hydrogens is 854 g/mol. The van der Waals surface area contributed by atoms with Crippen LogP contribution in [0.15, 0.2) is 71.8 Å². The van der Waals surface area contributed by atoms with Crippen molar-refractivity contribution in [2.45, 2.75) is 134 Å². The number of ketones is 1. The fourth-order valence-corrected chi connectivity index (χ4v) is 10.0. The van der Waals surface area contributed by atoms with Crippen molar-refractivity contribution in [2.75, 3.05) is 6.61 Å². The molecule has 12 atom stereocenters. The van der Waals surface area contributed by atoms with Gasteiger partial charge in [0.25, 0.3) is 0 Å². The molecule has 1 saturated heterocycles. The summed E-state index contributed by atoms with van der Waals surface area (Å²) in [4.78, 5) is 94.9. The largest absolute Gasteiger partial charge is 0.479 e. The summed E-state index contributed by atoms with van der Waals surface area (Å²) >= 11 is 0. The monoisotopic (exact) mass is 909 g/mol. The van der Waals surface area contributed by atoms with Gasteiger partial charge in [-0.1, -0.05) is 62.4 Å². The zero-order valence-corrected chi connectivity index (χ0v) is 36.9. The van der Waals surface area contributed by atoms with Crippen molar-refractivity contribution in [3.8, 4) is 0 Å². The number of Topliss-reactive ketones (excluding diaryl/α,β-unsaturated/α-hetero) is 1. The fourth-order valence-electron chi connectivity index (χ4n) is 10.0. The molecule has 3 aliphatic carbocycles. The van der Waals surface area contributed by atoms with Crippen LogP contribution < -0.4 is 5.32 Å². The first-order valence-electron chi connectivity index (χ1n) is 21.1. The molecule has 352 valence electrons. The highest BCUT2D eigenvalue weighted by atomic mass is 16.6. The molecule has 4 aliphatic rings. The molecule has 2 bridgehead atoms. The number of ether oxygens (including phenoxy) is 6. The number of fused-ring (bicyclic) bond motifs is 5. The van der Waals surface area contributed by atoms with Crippen molar-refractivity contribution in [1.82, 2.24) is 5.32 Å². The van der Waals surface area contributed by atoms with E-state index < -0.39 is 137 Å². The quantitative estimate of drug-likeness (QED) is 0.0955. The first-order chi connectivity index (χ1) is 30.4. The van der Waals surface area contributed by atoms with Gasteiger partial charge in [0.2, 0.25) is 6.10 Å². The highest BCUT2D eigenvalue weighted by Gasteiger charge is 2.78. The van der Waals surface area contributed by atoms with Crippen LogP contribution in [0.2, 0.25) is 0 Å². The van der Waals surface area contributed by atoms with E-state index >= 15 is 4.79 Å². The number of esters is 4. The highest BCUT2D eigenvalue weighted by molar-refractivity contribution is 5.94. The summed E-state index contributed by atoms with van der Waals surface area (Å²) in [5.74, 6) is -9.01. The summed E-state index contributed by atoms with van der Waals surface area (Å²) in [7, 11) is 0. The van der Waals surface area contributed by atoms with E-state index in [1.807, 2.05) is 0 Å². The van der Waals surface area contributed by atoms with Gasteiger partial charge in [-0.25, -0.2) is 19.2 Å². The average Bonchev–Trinajstić information content (AvgIpc) is 3.23. The second kappa shape index (κ2) is 18.3. The van der Waals surface area contributed by atoms with Gasteiger partial charge in [-0.05, 0) is 56.5 Å². The van der Waals surface area contributed by atoms with Crippen LogP contribution in [0.25, 0.3) is 0 Å². The van der Waals surface area contributed by atoms with Crippen molar-refractivity contribution in [2.24, 2.45) is 16.7 Å². The first-order valence-corrected chi connectivity index (χ1v) is 21.1. The Balaban J connectivity index is 1.53. The van der Waals surface area contributed by atoms with Crippen molar-refractivity contribution in [3.05, 3.63) is 82.9 Å². The van der Waals surface area contributed by atoms with Crippen LogP contribution in [0.1, 0.15) is 89.7 Å². The maximum atomic E-state index is 15.1. The number of carbonyl (C=O) groups excluding carboxylic acids is 6. The zero-order valence-electron chi connectivity index (χ0n) is 36.9. The summed E-state index contributed by atoms with van der Waals surface area (Å²) in [6, 6.07) is 13.7. The van der Waals surface area contributed by atoms with Gasteiger partial charge in [0.05, 0.1) is 42.1 Å². The lowest BCUT2D eigenvalue weighted by Crippen LogP contribution is -2.81. The van der Waals surface area contributed by atoms with Crippen molar-refractivity contribution < 1.29 is 87.5 Å². The molecule has 1 amide bonds. The minimum Gasteiger partial charge on any atom is -0.479 e. The molecule has 0 radical (unpaired) electrons. The number of aliphatic carboxylic acids is 1. The fraction of sp³-hybridized carbons (Fsp3) is 0.543. The summed E-state index contributed by atoms with van der Waals surface area (Å²) < 4.78 is 35.0. The Morgan fingerprint density at radius 1 is 0.923 bits per heavy atom. The van der Waals surface area contributed by atoms with Crippen molar-refractivity contribution in [1.29, 1.82) is 0 Å². The Morgan fingerprint density at radius 3 is 2.09 bits per heavy atom. The van der Waals surface area contributed by atoms with E-state index in [1.165, 1.54) is 52.0 Å². The first kappa shape index (κ1) is 48.7. The molecule has 65 heavy (non-hydrogen) atoms. The predicted octanol–water partition coefficient (Wildman–Crippen LogP) is 2.26. The Labute approximate surface area is 374 Å². The molecule has 2 unspecified atom stereocenters. The number of hydrogen-bond acceptors (Lipinski definition) is 17. The molecule has 2 aromatic rings. The number of rotatable bonds is 13. The lowest BCUT2D eigenvalue weighted by atomic mass is 9.44. The number of benzene rings is 2. The average molecular weight is 910 g/mol. The van der Waals surface area contributed by atoms with Crippen molar-refractivity contribution >= 4 is 41.7 Å². The number of amides is 1. The molecule has 6 N–H and O–H groups in total. The van der Waals surface area contributed by atoms with Crippen LogP contribution in [-0.4, -0.2) is 134 Å². The molecule has 19 nitrogen and oxygen atoms in total. The maximum absolute atomic E-state index is 15.1. The SMILES string of the molecule is CC(=O)O[C@@]12CO[C@@H]1C[C@H](O)[C@@]1(C)C(=O)[C@H](O)C3=C(C)C(OC(=O)[C@H](OC(=O)C[C@@H](O)C(=O)O)C(NC(=O)OC(C)C)c4ccccc4)C[C@@](O)([C@@H](OC(=O)c4ccccc4)[C@H]21)C3(C)C. The number of carboxylic acid groups (broad SMARTS) is 1. The van der Waals surface area contributed by atoms with Gasteiger partial charge in [0.1, 0.15) is 36.1 Å². The number of alkyl carbamates (subject to hydrolysis) is 1. The van der Waals surface area contributed by atoms with E-state index in [-0.39, 0.29) is 35.3 Å². The predicted molar refractivity (Wildman–Crippen MR) is 221 cm³/mol. The summed E-state index contributed by atoms with van der Waals surface area (Å²) in [5.41, 5.74) is -8.13. The van der Waals surface area contributed by atoms with Gasteiger partial charge in [0, 0.05) is 25.2 Å². The minimum absolute atomic E-state index is 0.0159. The molecular formula is C46H55NO18. The number of aliphatic hydroxyl groups is 4. The number of nitrogens with one attached hydrogen (secondary N) is 1. The molecule has 19 heteroatoms. The Morgan fingerprint density at radius 2 is 1.54 bits per heavy atom. The Bertz CT molecular complexity index is 2230. The van der Waals surface area contributed by atoms with E-state index in [2.05, 4.69) is 5.32 Å². The third-order valence-electron chi connectivity index (χ3n) is 13.4. The van der Waals surface area contributed by atoms with Gasteiger partial charge in [-0.3, -0.25) is 14.4 Å². The molecule has 2 aromatic carbocycles. The van der Waals surface area contributed by atoms with Crippen LogP contribution >= 0.6 is 0 Å². The van der Waals surface area contributed by atoms with Crippen LogP contribution in [-0.2, 0) is 52.4 Å². The standard InChI is InChI=1S/C46H55NO18/c1-22(2)61-42(58)47-33(25-14-10-8-11-15-25)35(63-31(51)18-27(49)39(54)55)41(57)62-28-20-46(59)38(64-40(56)26-16-12-9-13-17-26)36-44(7,37(53)34(52)32(23(28)3)43(46,5)6)29(50)19-30-45(36,21-60-30)65-24(4)48/h8-17,22,27-30,33-36,38,49-50,52,59H,18-21H2,1-7H3,(H,47,58)(H,54,55)/t27-,28?,29+,30-,33?,34-,35-,36+,38+,44-,45+,46-/m1/s1. The number of aliphatic hydroxyl groups excluding tert-OH is 3. The van der Waals surface area contributed by atoms with E-state index in [0.717, 1.165) is 6.92 Å². The zero-order chi connectivity index (χ0) is 48.0. The highest BCUT2D eigenvalue weighted by Crippen LogP contribution is 2.64. The second-order valence-electron chi connectivity index (χ2n) is 18.0. The third-order valence-corrected chi connectivity index (χ3v) is 13.4. The van der Waals surface area contributed by atoms with Gasteiger partial charge in [-0.15, -0.1) is 0 Å².